The van der Waals surface area contributed by atoms with Crippen LogP contribution in [0.15, 0.2) is 76.0 Å². The number of rotatable bonds is 5. The molecule has 122 valence electrons. The van der Waals surface area contributed by atoms with Crippen LogP contribution in [-0.4, -0.2) is 15.8 Å². The van der Waals surface area contributed by atoms with Gasteiger partial charge in [0.2, 0.25) is 5.00 Å². The lowest BCUT2D eigenvalue weighted by molar-refractivity contribution is 0.458. The SMILES string of the molecule is N#CC(=NNc1ccccc1)c1nc(O)c(N=Nc2ccccc2)s1. The van der Waals surface area contributed by atoms with E-state index in [1.807, 2.05) is 54.6 Å². The molecule has 0 saturated carbocycles. The summed E-state index contributed by atoms with van der Waals surface area (Å²) >= 11 is 1.03. The average molecular weight is 348 g/mol. The van der Waals surface area contributed by atoms with Gasteiger partial charge in [0.25, 0.3) is 5.88 Å². The van der Waals surface area contributed by atoms with Crippen LogP contribution in [0, 0.1) is 11.3 Å². The van der Waals surface area contributed by atoms with Gasteiger partial charge in [0.05, 0.1) is 11.4 Å². The number of anilines is 1. The number of nitrogens with one attached hydrogen (secondary N) is 1. The Balaban J connectivity index is 1.80. The maximum Gasteiger partial charge on any atom is 0.251 e. The van der Waals surface area contributed by atoms with Gasteiger partial charge >= 0.3 is 0 Å². The van der Waals surface area contributed by atoms with Gasteiger partial charge in [-0.25, -0.2) is 0 Å². The first-order valence-electron chi connectivity index (χ1n) is 7.22. The molecule has 0 fully saturated rings. The number of benzene rings is 2. The summed E-state index contributed by atoms with van der Waals surface area (Å²) in [7, 11) is 0. The van der Waals surface area contributed by atoms with Crippen LogP contribution in [-0.2, 0) is 0 Å². The highest BCUT2D eigenvalue weighted by atomic mass is 32.1. The molecular weight excluding hydrogens is 336 g/mol. The van der Waals surface area contributed by atoms with Gasteiger partial charge in [0.1, 0.15) is 6.07 Å². The molecule has 0 aliphatic heterocycles. The fourth-order valence-corrected chi connectivity index (χ4v) is 2.54. The molecule has 1 heterocycles. The van der Waals surface area contributed by atoms with Crippen LogP contribution in [0.4, 0.5) is 16.4 Å². The molecule has 7 nitrogen and oxygen atoms in total. The zero-order valence-electron chi connectivity index (χ0n) is 12.9. The van der Waals surface area contributed by atoms with Crippen molar-refractivity contribution < 1.29 is 5.11 Å². The second-order valence-electron chi connectivity index (χ2n) is 4.73. The minimum absolute atomic E-state index is 0.0466. The minimum atomic E-state index is -0.289. The van der Waals surface area contributed by atoms with Crippen LogP contribution in [0.25, 0.3) is 0 Å². The van der Waals surface area contributed by atoms with E-state index in [1.165, 1.54) is 0 Å². The first-order chi connectivity index (χ1) is 12.3. The molecule has 0 radical (unpaired) electrons. The van der Waals surface area contributed by atoms with Gasteiger partial charge in [0, 0.05) is 0 Å². The monoisotopic (exact) mass is 348 g/mol. The summed E-state index contributed by atoms with van der Waals surface area (Å²) in [5.41, 5.74) is 4.21. The number of azo groups is 1. The van der Waals surface area contributed by atoms with E-state index >= 15 is 0 Å². The summed E-state index contributed by atoms with van der Waals surface area (Å²) in [4.78, 5) is 3.93. The molecule has 0 unspecified atom stereocenters. The van der Waals surface area contributed by atoms with Crippen molar-refractivity contribution in [3.8, 4) is 11.9 Å². The molecule has 1 aromatic heterocycles. The normalized spacial score (nSPS) is 11.4. The third-order valence-electron chi connectivity index (χ3n) is 2.98. The van der Waals surface area contributed by atoms with E-state index in [0.29, 0.717) is 5.69 Å². The van der Waals surface area contributed by atoms with Crippen molar-refractivity contribution in [2.45, 2.75) is 0 Å². The number of nitriles is 1. The van der Waals surface area contributed by atoms with Crippen molar-refractivity contribution >= 4 is 33.4 Å². The van der Waals surface area contributed by atoms with Crippen molar-refractivity contribution in [3.63, 3.8) is 0 Å². The summed E-state index contributed by atoms with van der Waals surface area (Å²) in [5.74, 6) is -0.289. The van der Waals surface area contributed by atoms with Crippen LogP contribution >= 0.6 is 11.3 Å². The number of thiazole rings is 1. The van der Waals surface area contributed by atoms with Gasteiger partial charge in [-0.15, -0.1) is 10.2 Å². The van der Waals surface area contributed by atoms with Crippen LogP contribution < -0.4 is 5.43 Å². The number of hydrazone groups is 1. The Bertz CT molecular complexity index is 944. The van der Waals surface area contributed by atoms with E-state index in [1.54, 1.807) is 12.1 Å². The van der Waals surface area contributed by atoms with Crippen molar-refractivity contribution in [2.75, 3.05) is 5.43 Å². The molecule has 0 aliphatic rings. The highest BCUT2D eigenvalue weighted by Crippen LogP contribution is 2.34. The van der Waals surface area contributed by atoms with E-state index in [0.717, 1.165) is 17.0 Å². The molecule has 8 heteroatoms. The number of nitrogens with zero attached hydrogens (tertiary/aromatic N) is 5. The summed E-state index contributed by atoms with van der Waals surface area (Å²) in [6, 6.07) is 20.3. The predicted octanol–water partition coefficient (Wildman–Crippen LogP) is 4.60. The predicted molar refractivity (Wildman–Crippen MR) is 96.6 cm³/mol. The first kappa shape index (κ1) is 16.3. The molecule has 0 bridgehead atoms. The fraction of sp³-hybridized carbons (Fsp3) is 0. The van der Waals surface area contributed by atoms with Crippen LogP contribution in [0.3, 0.4) is 0 Å². The average Bonchev–Trinajstić information content (AvgIpc) is 3.03. The maximum absolute atomic E-state index is 9.90. The number of hydrogen-bond donors (Lipinski definition) is 2. The van der Waals surface area contributed by atoms with Gasteiger partial charge in [-0.05, 0) is 24.3 Å². The summed E-state index contributed by atoms with van der Waals surface area (Å²) < 4.78 is 0. The molecule has 3 aromatic rings. The molecule has 2 N–H and O–H groups in total. The van der Waals surface area contributed by atoms with E-state index in [4.69, 9.17) is 0 Å². The summed E-state index contributed by atoms with van der Waals surface area (Å²) in [6.07, 6.45) is 0. The smallest absolute Gasteiger partial charge is 0.251 e. The van der Waals surface area contributed by atoms with Crippen LogP contribution in [0.5, 0.6) is 5.88 Å². The van der Waals surface area contributed by atoms with Crippen LogP contribution in [0.1, 0.15) is 5.01 Å². The number of aromatic hydroxyl groups is 1. The van der Waals surface area contributed by atoms with Crippen molar-refractivity contribution in [2.24, 2.45) is 15.3 Å². The lowest BCUT2D eigenvalue weighted by atomic mass is 10.3. The molecule has 0 amide bonds. The van der Waals surface area contributed by atoms with E-state index in [2.05, 4.69) is 25.7 Å². The van der Waals surface area contributed by atoms with Crippen LogP contribution in [0.2, 0.25) is 0 Å². The lowest BCUT2D eigenvalue weighted by Gasteiger charge is -1.98. The topological polar surface area (TPSA) is 106 Å². The van der Waals surface area contributed by atoms with Crippen molar-refractivity contribution in [1.82, 2.24) is 4.98 Å². The summed E-state index contributed by atoms with van der Waals surface area (Å²) in [5, 5.41) is 31.7. The number of aromatic nitrogens is 1. The Morgan fingerprint density at radius 1 is 1.04 bits per heavy atom. The second kappa shape index (κ2) is 7.81. The molecule has 3 rings (SSSR count). The highest BCUT2D eigenvalue weighted by molar-refractivity contribution is 7.17. The lowest BCUT2D eigenvalue weighted by Crippen LogP contribution is -2.00. The Morgan fingerprint density at radius 2 is 1.72 bits per heavy atom. The Labute approximate surface area is 147 Å². The Kier molecular flexibility index (Phi) is 5.09. The fourth-order valence-electron chi connectivity index (χ4n) is 1.82. The minimum Gasteiger partial charge on any atom is -0.491 e. The largest absolute Gasteiger partial charge is 0.491 e. The molecule has 0 atom stereocenters. The number of para-hydroxylation sites is 1. The Hall–Kier alpha value is -3.57. The Morgan fingerprint density at radius 3 is 2.40 bits per heavy atom. The standard InChI is InChI=1S/C17H12N6OS/c18-11-14(22-20-12-7-3-1-4-8-12)16-19-15(24)17(25-16)23-21-13-9-5-2-6-10-13/h1-10,20,24H. The van der Waals surface area contributed by atoms with Gasteiger partial charge in [-0.1, -0.05) is 47.7 Å². The van der Waals surface area contributed by atoms with Crippen molar-refractivity contribution in [1.29, 1.82) is 5.26 Å². The second-order valence-corrected chi connectivity index (χ2v) is 5.71. The zero-order valence-corrected chi connectivity index (χ0v) is 13.7. The van der Waals surface area contributed by atoms with Crippen molar-refractivity contribution in [3.05, 3.63) is 65.7 Å². The molecule has 25 heavy (non-hydrogen) atoms. The highest BCUT2D eigenvalue weighted by Gasteiger charge is 2.15. The third-order valence-corrected chi connectivity index (χ3v) is 3.92. The molecule has 0 spiro atoms. The van der Waals surface area contributed by atoms with Gasteiger partial charge in [-0.2, -0.15) is 15.3 Å². The zero-order chi connectivity index (χ0) is 17.5. The van der Waals surface area contributed by atoms with Gasteiger partial charge < -0.3 is 5.11 Å². The quantitative estimate of drug-likeness (QED) is 0.399. The number of hydrogen-bond acceptors (Lipinski definition) is 8. The molecular formula is C17H12N6OS. The van der Waals surface area contributed by atoms with Gasteiger partial charge in [0.15, 0.2) is 10.7 Å². The third kappa shape index (κ3) is 4.25. The summed E-state index contributed by atoms with van der Waals surface area (Å²) in [6.45, 7) is 0. The van der Waals surface area contributed by atoms with E-state index < -0.39 is 0 Å². The van der Waals surface area contributed by atoms with Gasteiger partial charge in [-0.3, -0.25) is 5.43 Å². The molecule has 0 aliphatic carbocycles. The first-order valence-corrected chi connectivity index (χ1v) is 8.03. The van der Waals surface area contributed by atoms with E-state index in [-0.39, 0.29) is 21.6 Å². The molecule has 2 aromatic carbocycles. The van der Waals surface area contributed by atoms with E-state index in [9.17, 15) is 10.4 Å². The molecule has 0 saturated heterocycles. The maximum atomic E-state index is 9.90.